The number of amides is 1. The molecule has 1 aliphatic heterocycles. The van der Waals surface area contributed by atoms with Gasteiger partial charge in [-0.05, 0) is 11.6 Å². The summed E-state index contributed by atoms with van der Waals surface area (Å²) >= 11 is 5.99. The Morgan fingerprint density at radius 2 is 2.13 bits per heavy atom. The van der Waals surface area contributed by atoms with Gasteiger partial charge in [0.05, 0.1) is 12.8 Å². The summed E-state index contributed by atoms with van der Waals surface area (Å²) in [6.07, 6.45) is 0.0882. The van der Waals surface area contributed by atoms with E-state index in [4.69, 9.17) is 16.3 Å². The van der Waals surface area contributed by atoms with Crippen molar-refractivity contribution >= 4 is 29.0 Å². The van der Waals surface area contributed by atoms with Crippen LogP contribution in [-0.2, 0) is 16.0 Å². The van der Waals surface area contributed by atoms with Crippen LogP contribution in [0.15, 0.2) is 12.1 Å². The van der Waals surface area contributed by atoms with Crippen molar-refractivity contribution < 1.29 is 14.3 Å². The van der Waals surface area contributed by atoms with E-state index in [9.17, 15) is 9.59 Å². The first-order valence-corrected chi connectivity index (χ1v) is 4.71. The molecule has 1 N–H and O–H groups in total. The molecule has 0 unspecified atom stereocenters. The molecule has 0 atom stereocenters. The zero-order valence-corrected chi connectivity index (χ0v) is 8.72. The molecule has 0 saturated carbocycles. The number of halogens is 1. The molecule has 1 amide bonds. The molecule has 0 spiro atoms. The van der Waals surface area contributed by atoms with Gasteiger partial charge in [-0.25, -0.2) is 0 Å². The summed E-state index contributed by atoms with van der Waals surface area (Å²) in [4.78, 5) is 22.3. The van der Waals surface area contributed by atoms with Gasteiger partial charge in [0.15, 0.2) is 0 Å². The highest BCUT2D eigenvalue weighted by Crippen LogP contribution is 2.36. The van der Waals surface area contributed by atoms with Crippen molar-refractivity contribution in [2.45, 2.75) is 6.42 Å². The van der Waals surface area contributed by atoms with Gasteiger partial charge in [-0.3, -0.25) is 9.59 Å². The molecule has 1 aromatic carbocycles. The minimum atomic E-state index is -0.627. The highest BCUT2D eigenvalue weighted by atomic mass is 35.5. The largest absolute Gasteiger partial charge is 0.495 e. The van der Waals surface area contributed by atoms with Crippen LogP contribution in [0.5, 0.6) is 5.75 Å². The lowest BCUT2D eigenvalue weighted by molar-refractivity contribution is -0.134. The summed E-state index contributed by atoms with van der Waals surface area (Å²) in [5, 5.41) is 2.78. The van der Waals surface area contributed by atoms with E-state index in [1.165, 1.54) is 7.11 Å². The van der Waals surface area contributed by atoms with Crippen LogP contribution in [0, 0.1) is 0 Å². The average molecular weight is 226 g/mol. The second kappa shape index (κ2) is 3.55. The van der Waals surface area contributed by atoms with E-state index in [0.29, 0.717) is 22.0 Å². The van der Waals surface area contributed by atoms with Crippen molar-refractivity contribution in [3.8, 4) is 5.75 Å². The van der Waals surface area contributed by atoms with E-state index in [0.717, 1.165) is 0 Å². The number of fused-ring (bicyclic) bond motifs is 1. The van der Waals surface area contributed by atoms with Crippen molar-refractivity contribution in [3.63, 3.8) is 0 Å². The molecular formula is C10H8ClNO3. The van der Waals surface area contributed by atoms with E-state index >= 15 is 0 Å². The van der Waals surface area contributed by atoms with E-state index in [1.54, 1.807) is 12.1 Å². The molecule has 1 heterocycles. The van der Waals surface area contributed by atoms with Crippen LogP contribution in [0.1, 0.15) is 5.56 Å². The number of methoxy groups -OCH3 is 1. The third-order valence-corrected chi connectivity index (χ3v) is 2.63. The van der Waals surface area contributed by atoms with E-state index < -0.39 is 11.7 Å². The number of hydrogen-bond donors (Lipinski definition) is 1. The Hall–Kier alpha value is -1.55. The van der Waals surface area contributed by atoms with Crippen LogP contribution < -0.4 is 10.1 Å². The standard InChI is InChI=1S/C10H8ClNO3/c1-15-7-3-2-5-4-6(13)10(14)12-9(5)8(7)11/h2-3H,4H2,1H3,(H,12,14). The Morgan fingerprint density at radius 3 is 2.80 bits per heavy atom. The van der Waals surface area contributed by atoms with Gasteiger partial charge in [-0.2, -0.15) is 0 Å². The van der Waals surface area contributed by atoms with Gasteiger partial charge in [-0.1, -0.05) is 17.7 Å². The molecule has 0 radical (unpaired) electrons. The Bertz CT molecular complexity index is 456. The monoisotopic (exact) mass is 225 g/mol. The number of rotatable bonds is 1. The van der Waals surface area contributed by atoms with Gasteiger partial charge in [0.2, 0.25) is 5.78 Å². The number of benzene rings is 1. The van der Waals surface area contributed by atoms with E-state index in [2.05, 4.69) is 5.32 Å². The van der Waals surface area contributed by atoms with Gasteiger partial charge in [0, 0.05) is 6.42 Å². The van der Waals surface area contributed by atoms with Crippen LogP contribution in [0.25, 0.3) is 0 Å². The number of hydrogen-bond acceptors (Lipinski definition) is 3. The Kier molecular flexibility index (Phi) is 2.36. The molecule has 15 heavy (non-hydrogen) atoms. The topological polar surface area (TPSA) is 55.4 Å². The fourth-order valence-corrected chi connectivity index (χ4v) is 1.78. The summed E-state index contributed by atoms with van der Waals surface area (Å²) in [6, 6.07) is 3.39. The third-order valence-electron chi connectivity index (χ3n) is 2.26. The number of nitrogens with one attached hydrogen (secondary N) is 1. The SMILES string of the molecule is COc1ccc2c(c1Cl)NC(=O)C(=O)C2. The van der Waals surface area contributed by atoms with Gasteiger partial charge >= 0.3 is 0 Å². The summed E-state index contributed by atoms with van der Waals surface area (Å²) in [7, 11) is 1.49. The Morgan fingerprint density at radius 1 is 1.40 bits per heavy atom. The molecule has 0 bridgehead atoms. The van der Waals surface area contributed by atoms with E-state index in [1.807, 2.05) is 0 Å². The number of Topliss-reactive ketones (excluding diaryl/α,β-unsaturated/α-hetero) is 1. The molecule has 5 heteroatoms. The number of ether oxygens (including phenoxy) is 1. The summed E-state index contributed by atoms with van der Waals surface area (Å²) in [6.45, 7) is 0. The van der Waals surface area contributed by atoms with Crippen molar-refractivity contribution in [1.82, 2.24) is 0 Å². The number of anilines is 1. The van der Waals surface area contributed by atoms with Gasteiger partial charge in [0.25, 0.3) is 5.91 Å². The summed E-state index contributed by atoms with van der Waals surface area (Å²) in [5.41, 5.74) is 1.19. The lowest BCUT2D eigenvalue weighted by atomic mass is 10.0. The zero-order chi connectivity index (χ0) is 11.0. The Balaban J connectivity index is 2.54. The normalized spacial score (nSPS) is 14.5. The maximum atomic E-state index is 11.1. The molecule has 78 valence electrons. The molecule has 0 saturated heterocycles. The van der Waals surface area contributed by atoms with E-state index in [-0.39, 0.29) is 6.42 Å². The predicted molar refractivity (Wildman–Crippen MR) is 55.3 cm³/mol. The molecule has 4 nitrogen and oxygen atoms in total. The molecule has 0 aliphatic carbocycles. The summed E-state index contributed by atoms with van der Waals surface area (Å²) in [5.74, 6) is -0.605. The summed E-state index contributed by atoms with van der Waals surface area (Å²) < 4.78 is 5.00. The van der Waals surface area contributed by atoms with Crippen LogP contribution in [0.4, 0.5) is 5.69 Å². The van der Waals surface area contributed by atoms with Gasteiger partial charge in [0.1, 0.15) is 10.8 Å². The van der Waals surface area contributed by atoms with Crippen molar-refractivity contribution in [1.29, 1.82) is 0 Å². The molecule has 0 fully saturated rings. The fraction of sp³-hybridized carbons (Fsp3) is 0.200. The first kappa shape index (κ1) is 9.98. The maximum absolute atomic E-state index is 11.1. The smallest absolute Gasteiger partial charge is 0.292 e. The Labute approximate surface area is 91.2 Å². The first-order chi connectivity index (χ1) is 7.13. The third kappa shape index (κ3) is 1.57. The van der Waals surface area contributed by atoms with Gasteiger partial charge in [-0.15, -0.1) is 0 Å². The lowest BCUT2D eigenvalue weighted by Crippen LogP contribution is -2.30. The number of carbonyl (C=O) groups is 2. The number of carbonyl (C=O) groups excluding carboxylic acids is 2. The highest BCUT2D eigenvalue weighted by molar-refractivity contribution is 6.45. The highest BCUT2D eigenvalue weighted by Gasteiger charge is 2.26. The average Bonchev–Trinajstić information content (AvgIpc) is 2.22. The van der Waals surface area contributed by atoms with Crippen molar-refractivity contribution in [3.05, 3.63) is 22.7 Å². The molecule has 0 aromatic heterocycles. The molecule has 1 aliphatic rings. The minimum Gasteiger partial charge on any atom is -0.495 e. The lowest BCUT2D eigenvalue weighted by Gasteiger charge is -2.18. The second-order valence-electron chi connectivity index (χ2n) is 3.17. The predicted octanol–water partition coefficient (Wildman–Crippen LogP) is 1.41. The first-order valence-electron chi connectivity index (χ1n) is 4.33. The second-order valence-corrected chi connectivity index (χ2v) is 3.55. The molecular weight excluding hydrogens is 218 g/mol. The maximum Gasteiger partial charge on any atom is 0.292 e. The van der Waals surface area contributed by atoms with Crippen LogP contribution in [0.3, 0.4) is 0 Å². The van der Waals surface area contributed by atoms with Gasteiger partial charge < -0.3 is 10.1 Å². The zero-order valence-electron chi connectivity index (χ0n) is 7.96. The van der Waals surface area contributed by atoms with Crippen LogP contribution >= 0.6 is 11.6 Å². The van der Waals surface area contributed by atoms with Crippen LogP contribution in [0.2, 0.25) is 5.02 Å². The van der Waals surface area contributed by atoms with Crippen LogP contribution in [-0.4, -0.2) is 18.8 Å². The quantitative estimate of drug-likeness (QED) is 0.736. The van der Waals surface area contributed by atoms with Crippen molar-refractivity contribution in [2.24, 2.45) is 0 Å². The molecule has 2 rings (SSSR count). The fourth-order valence-electron chi connectivity index (χ4n) is 1.47. The van der Waals surface area contributed by atoms with Crippen molar-refractivity contribution in [2.75, 3.05) is 12.4 Å². The minimum absolute atomic E-state index is 0.0882. The molecule has 1 aromatic rings. The number of ketones is 1.